The van der Waals surface area contributed by atoms with Gasteiger partial charge in [-0.15, -0.1) is 5.10 Å². The molecule has 7 heteroatoms. The van der Waals surface area contributed by atoms with Crippen molar-refractivity contribution >= 4 is 5.97 Å². The smallest absolute Gasteiger partial charge is 0.331 e. The van der Waals surface area contributed by atoms with E-state index in [1.165, 1.54) is 16.8 Å². The van der Waals surface area contributed by atoms with Crippen LogP contribution in [0, 0.1) is 12.7 Å². The lowest BCUT2D eigenvalue weighted by molar-refractivity contribution is -0.148. The number of carboxylic acids is 1. The Labute approximate surface area is 121 Å². The van der Waals surface area contributed by atoms with Crippen molar-refractivity contribution in [1.82, 2.24) is 20.2 Å². The molecule has 0 aliphatic carbocycles. The average molecular weight is 292 g/mol. The number of aliphatic carboxylic acids is 1. The monoisotopic (exact) mass is 292 g/mol. The second-order valence-electron chi connectivity index (χ2n) is 4.92. The zero-order valence-corrected chi connectivity index (χ0v) is 12.2. The Balaban J connectivity index is 2.67. The van der Waals surface area contributed by atoms with E-state index in [4.69, 9.17) is 0 Å². The summed E-state index contributed by atoms with van der Waals surface area (Å²) in [6, 6.07) is 4.27. The van der Waals surface area contributed by atoms with E-state index in [0.29, 0.717) is 18.4 Å². The maximum absolute atomic E-state index is 13.5. The molecule has 0 bridgehead atoms. The molecule has 0 atom stereocenters. The highest BCUT2D eigenvalue weighted by molar-refractivity contribution is 5.77. The van der Waals surface area contributed by atoms with Gasteiger partial charge in [0.15, 0.2) is 11.4 Å². The van der Waals surface area contributed by atoms with Crippen molar-refractivity contribution in [1.29, 1.82) is 0 Å². The zero-order valence-electron chi connectivity index (χ0n) is 12.2. The average Bonchev–Trinajstić information content (AvgIpc) is 2.93. The second-order valence-corrected chi connectivity index (χ2v) is 4.92. The molecule has 0 radical (unpaired) electrons. The van der Waals surface area contributed by atoms with Gasteiger partial charge in [-0.3, -0.25) is 0 Å². The van der Waals surface area contributed by atoms with Crippen molar-refractivity contribution in [2.24, 2.45) is 0 Å². The normalized spacial score (nSPS) is 11.6. The third-order valence-electron chi connectivity index (χ3n) is 3.88. The van der Waals surface area contributed by atoms with Crippen LogP contribution in [0.5, 0.6) is 0 Å². The Morgan fingerprint density at radius 1 is 1.38 bits per heavy atom. The molecule has 0 aliphatic heterocycles. The molecule has 6 nitrogen and oxygen atoms in total. The maximum Gasteiger partial charge on any atom is 0.331 e. The molecule has 1 N–H and O–H groups in total. The summed E-state index contributed by atoms with van der Waals surface area (Å²) >= 11 is 0. The largest absolute Gasteiger partial charge is 0.479 e. The first kappa shape index (κ1) is 15.1. The van der Waals surface area contributed by atoms with Crippen LogP contribution in [0.4, 0.5) is 4.39 Å². The van der Waals surface area contributed by atoms with Crippen LogP contribution in [-0.4, -0.2) is 31.3 Å². The Kier molecular flexibility index (Phi) is 4.02. The lowest BCUT2D eigenvalue weighted by Crippen LogP contribution is -2.42. The van der Waals surface area contributed by atoms with Crippen molar-refractivity contribution in [2.45, 2.75) is 39.2 Å². The molecular formula is C14H17FN4O2. The summed E-state index contributed by atoms with van der Waals surface area (Å²) in [6.45, 7) is 5.33. The van der Waals surface area contributed by atoms with Gasteiger partial charge in [0.2, 0.25) is 0 Å². The van der Waals surface area contributed by atoms with Gasteiger partial charge < -0.3 is 5.11 Å². The number of rotatable bonds is 5. The van der Waals surface area contributed by atoms with E-state index >= 15 is 0 Å². The van der Waals surface area contributed by atoms with Crippen LogP contribution in [0.1, 0.15) is 32.3 Å². The van der Waals surface area contributed by atoms with Gasteiger partial charge in [0.05, 0.1) is 0 Å². The standard InChI is InChI=1S/C14H17FN4O2/c1-4-14(5-2,13(20)21)19-12(16-17-18-19)11-8-10(15)7-6-9(11)3/h6-8H,4-5H2,1-3H3,(H,20,21). The summed E-state index contributed by atoms with van der Waals surface area (Å²) < 4.78 is 14.8. The summed E-state index contributed by atoms with van der Waals surface area (Å²) in [7, 11) is 0. The van der Waals surface area contributed by atoms with Crippen LogP contribution >= 0.6 is 0 Å². The Bertz CT molecular complexity index is 665. The Morgan fingerprint density at radius 2 is 2.05 bits per heavy atom. The fourth-order valence-corrected chi connectivity index (χ4v) is 2.42. The zero-order chi connectivity index (χ0) is 15.6. The summed E-state index contributed by atoms with van der Waals surface area (Å²) in [6.07, 6.45) is 0.649. The van der Waals surface area contributed by atoms with E-state index in [9.17, 15) is 14.3 Å². The number of benzene rings is 1. The van der Waals surface area contributed by atoms with Crippen LogP contribution in [0.15, 0.2) is 18.2 Å². The van der Waals surface area contributed by atoms with Gasteiger partial charge >= 0.3 is 5.97 Å². The number of halogens is 1. The molecule has 2 aromatic rings. The molecule has 0 fully saturated rings. The van der Waals surface area contributed by atoms with Crippen LogP contribution in [-0.2, 0) is 10.3 Å². The van der Waals surface area contributed by atoms with E-state index in [0.717, 1.165) is 5.56 Å². The number of aromatic nitrogens is 4. The molecule has 1 aromatic carbocycles. The first-order chi connectivity index (χ1) is 9.96. The summed E-state index contributed by atoms with van der Waals surface area (Å²) in [4.78, 5) is 11.7. The molecule has 0 aliphatic rings. The van der Waals surface area contributed by atoms with Crippen molar-refractivity contribution in [2.75, 3.05) is 0 Å². The van der Waals surface area contributed by atoms with Gasteiger partial charge in [0.1, 0.15) is 5.82 Å². The van der Waals surface area contributed by atoms with E-state index < -0.39 is 17.3 Å². The number of tetrazole rings is 1. The predicted molar refractivity (Wildman–Crippen MR) is 74.1 cm³/mol. The summed E-state index contributed by atoms with van der Waals surface area (Å²) in [5, 5.41) is 20.9. The van der Waals surface area contributed by atoms with Crippen LogP contribution in [0.2, 0.25) is 0 Å². The van der Waals surface area contributed by atoms with Gasteiger partial charge in [0.25, 0.3) is 0 Å². The minimum absolute atomic E-state index is 0.262. The Morgan fingerprint density at radius 3 is 2.62 bits per heavy atom. The van der Waals surface area contributed by atoms with E-state index in [1.54, 1.807) is 26.8 Å². The molecule has 21 heavy (non-hydrogen) atoms. The fourth-order valence-electron chi connectivity index (χ4n) is 2.42. The predicted octanol–water partition coefficient (Wildman–Crippen LogP) is 2.39. The molecule has 2 rings (SSSR count). The number of carboxylic acid groups (broad SMARTS) is 1. The van der Waals surface area contributed by atoms with Crippen molar-refractivity contribution in [3.8, 4) is 11.4 Å². The van der Waals surface area contributed by atoms with Gasteiger partial charge in [-0.1, -0.05) is 19.9 Å². The number of hydrogen-bond donors (Lipinski definition) is 1. The molecule has 0 unspecified atom stereocenters. The number of carbonyl (C=O) groups is 1. The quantitative estimate of drug-likeness (QED) is 0.915. The molecule has 0 spiro atoms. The van der Waals surface area contributed by atoms with Gasteiger partial charge in [-0.2, -0.15) is 0 Å². The number of hydrogen-bond acceptors (Lipinski definition) is 4. The van der Waals surface area contributed by atoms with Crippen molar-refractivity contribution < 1.29 is 14.3 Å². The van der Waals surface area contributed by atoms with Crippen molar-refractivity contribution in [3.05, 3.63) is 29.6 Å². The minimum Gasteiger partial charge on any atom is -0.479 e. The number of nitrogens with zero attached hydrogens (tertiary/aromatic N) is 4. The van der Waals surface area contributed by atoms with Gasteiger partial charge in [-0.25, -0.2) is 13.9 Å². The van der Waals surface area contributed by atoms with E-state index in [-0.39, 0.29) is 5.82 Å². The van der Waals surface area contributed by atoms with Crippen LogP contribution in [0.25, 0.3) is 11.4 Å². The lowest BCUT2D eigenvalue weighted by Gasteiger charge is -2.27. The van der Waals surface area contributed by atoms with Crippen LogP contribution in [0.3, 0.4) is 0 Å². The van der Waals surface area contributed by atoms with E-state index in [2.05, 4.69) is 15.5 Å². The molecule has 1 heterocycles. The first-order valence-electron chi connectivity index (χ1n) is 6.75. The lowest BCUT2D eigenvalue weighted by atomic mass is 9.92. The fraction of sp³-hybridized carbons (Fsp3) is 0.429. The van der Waals surface area contributed by atoms with Crippen molar-refractivity contribution in [3.63, 3.8) is 0 Å². The molecule has 0 saturated carbocycles. The molecular weight excluding hydrogens is 275 g/mol. The highest BCUT2D eigenvalue weighted by Gasteiger charge is 2.40. The first-order valence-corrected chi connectivity index (χ1v) is 6.75. The summed E-state index contributed by atoms with van der Waals surface area (Å²) in [5.41, 5.74) is 0.0314. The van der Waals surface area contributed by atoms with Gasteiger partial charge in [-0.05, 0) is 47.9 Å². The Hall–Kier alpha value is -2.31. The highest BCUT2D eigenvalue weighted by Crippen LogP contribution is 2.31. The van der Waals surface area contributed by atoms with Gasteiger partial charge in [0, 0.05) is 5.56 Å². The maximum atomic E-state index is 13.5. The molecule has 112 valence electrons. The number of aryl methyl sites for hydroxylation is 1. The second kappa shape index (κ2) is 5.59. The highest BCUT2D eigenvalue weighted by atomic mass is 19.1. The molecule has 0 saturated heterocycles. The third-order valence-corrected chi connectivity index (χ3v) is 3.88. The minimum atomic E-state index is -1.24. The van der Waals surface area contributed by atoms with Crippen LogP contribution < -0.4 is 0 Å². The summed E-state index contributed by atoms with van der Waals surface area (Å²) in [5.74, 6) is -1.16. The molecule has 1 aromatic heterocycles. The third kappa shape index (κ3) is 2.39. The molecule has 0 amide bonds. The van der Waals surface area contributed by atoms with E-state index in [1.807, 2.05) is 0 Å². The SMILES string of the molecule is CCC(CC)(C(=O)O)n1nnnc1-c1cc(F)ccc1C. The topological polar surface area (TPSA) is 80.9 Å².